The molecule has 0 aliphatic rings. The van der Waals surface area contributed by atoms with Crippen LogP contribution in [0, 0.1) is 5.21 Å². The lowest BCUT2D eigenvalue weighted by molar-refractivity contribution is -0.435. The summed E-state index contributed by atoms with van der Waals surface area (Å²) in [6, 6.07) is 13.9. The molecule has 2 aromatic carbocycles. The van der Waals surface area contributed by atoms with Crippen LogP contribution < -0.4 is 4.74 Å². The predicted octanol–water partition coefficient (Wildman–Crippen LogP) is 4.88. The minimum absolute atomic E-state index is 0.386. The number of hydrogen-bond donors (Lipinski definition) is 0. The molecule has 0 radical (unpaired) electrons. The molecule has 0 bridgehead atoms. The molecule has 0 aliphatic carbocycles. The van der Waals surface area contributed by atoms with Gasteiger partial charge in [0, 0.05) is 24.2 Å². The molecule has 0 atom stereocenters. The Morgan fingerprint density at radius 1 is 1.13 bits per heavy atom. The van der Waals surface area contributed by atoms with Crippen LogP contribution in [0.4, 0.5) is 11.4 Å². The van der Waals surface area contributed by atoms with Gasteiger partial charge in [0.2, 0.25) is 5.69 Å². The first-order chi connectivity index (χ1) is 11.1. The lowest BCUT2D eigenvalue weighted by atomic mass is 10.1. The number of hydrogen-bond acceptors (Lipinski definition) is 4. The lowest BCUT2D eigenvalue weighted by Gasteiger charge is -2.03. The number of ether oxygens (including phenoxy) is 1. The molecule has 0 saturated heterocycles. The van der Waals surface area contributed by atoms with E-state index >= 15 is 0 Å². The zero-order valence-corrected chi connectivity index (χ0v) is 13.4. The van der Waals surface area contributed by atoms with E-state index in [4.69, 9.17) is 4.74 Å². The van der Waals surface area contributed by atoms with E-state index in [2.05, 4.69) is 12.0 Å². The standard InChI is InChI=1S/C18H20N2O3/c1-3-4-5-15-6-10-17(11-7-15)20(22)19-16-8-12-18(13-9-16)23-14(2)21/h6-13H,3-5H2,1-2H3. The largest absolute Gasteiger partial charge is 0.594 e. The Kier molecular flexibility index (Phi) is 5.86. The second kappa shape index (κ2) is 8.08. The molecular formula is C18H20N2O3. The highest BCUT2D eigenvalue weighted by Gasteiger charge is 2.05. The SMILES string of the molecule is CCCCc1ccc([N+]([O-])=Nc2ccc(OC(C)=O)cc2)cc1. The molecule has 0 fully saturated rings. The van der Waals surface area contributed by atoms with E-state index in [1.54, 1.807) is 36.4 Å². The maximum atomic E-state index is 12.1. The zero-order valence-electron chi connectivity index (χ0n) is 13.4. The minimum atomic E-state index is -0.386. The normalized spacial score (nSPS) is 11.3. The van der Waals surface area contributed by atoms with Crippen molar-refractivity contribution < 1.29 is 14.4 Å². The van der Waals surface area contributed by atoms with Crippen molar-refractivity contribution in [2.24, 2.45) is 5.11 Å². The van der Waals surface area contributed by atoms with Gasteiger partial charge < -0.3 is 9.94 Å². The first kappa shape index (κ1) is 16.7. The van der Waals surface area contributed by atoms with Crippen molar-refractivity contribution in [3.63, 3.8) is 0 Å². The molecule has 5 nitrogen and oxygen atoms in total. The fraction of sp³-hybridized carbons (Fsp3) is 0.278. The fourth-order valence-electron chi connectivity index (χ4n) is 2.08. The van der Waals surface area contributed by atoms with Gasteiger partial charge in [0.25, 0.3) is 0 Å². The molecule has 2 aromatic rings. The molecule has 2 rings (SSSR count). The highest BCUT2D eigenvalue weighted by molar-refractivity contribution is 5.69. The van der Waals surface area contributed by atoms with Gasteiger partial charge >= 0.3 is 5.97 Å². The van der Waals surface area contributed by atoms with Crippen LogP contribution in [0.1, 0.15) is 32.3 Å². The van der Waals surface area contributed by atoms with Gasteiger partial charge in [-0.3, -0.25) is 4.79 Å². The van der Waals surface area contributed by atoms with E-state index in [0.29, 0.717) is 22.0 Å². The summed E-state index contributed by atoms with van der Waals surface area (Å²) in [6.45, 7) is 3.49. The summed E-state index contributed by atoms with van der Waals surface area (Å²) in [7, 11) is 0. The summed E-state index contributed by atoms with van der Waals surface area (Å²) < 4.78 is 4.93. The Labute approximate surface area is 135 Å². The topological polar surface area (TPSA) is 64.7 Å². The molecule has 0 N–H and O–H groups in total. The van der Waals surface area contributed by atoms with Crippen molar-refractivity contribution in [1.82, 2.24) is 0 Å². The molecule has 0 amide bonds. The summed E-state index contributed by atoms with van der Waals surface area (Å²) >= 11 is 0. The molecule has 0 unspecified atom stereocenters. The van der Waals surface area contributed by atoms with Crippen LogP contribution in [0.25, 0.3) is 0 Å². The van der Waals surface area contributed by atoms with Gasteiger partial charge in [-0.1, -0.05) is 30.3 Å². The highest BCUT2D eigenvalue weighted by Crippen LogP contribution is 2.21. The second-order valence-electron chi connectivity index (χ2n) is 5.23. The summed E-state index contributed by atoms with van der Waals surface area (Å²) in [6.07, 6.45) is 3.30. The van der Waals surface area contributed by atoms with Crippen LogP contribution in [0.2, 0.25) is 0 Å². The van der Waals surface area contributed by atoms with Crippen molar-refractivity contribution in [3.8, 4) is 5.75 Å². The third-order valence-electron chi connectivity index (χ3n) is 3.28. The molecular weight excluding hydrogens is 292 g/mol. The predicted molar refractivity (Wildman–Crippen MR) is 88.2 cm³/mol. The third kappa shape index (κ3) is 5.21. The molecule has 0 heterocycles. The third-order valence-corrected chi connectivity index (χ3v) is 3.28. The molecule has 5 heteroatoms. The van der Waals surface area contributed by atoms with Gasteiger partial charge in [-0.2, -0.15) is 0 Å². The van der Waals surface area contributed by atoms with Crippen LogP contribution >= 0.6 is 0 Å². The van der Waals surface area contributed by atoms with Gasteiger partial charge in [0.15, 0.2) is 0 Å². The van der Waals surface area contributed by atoms with Crippen LogP contribution in [-0.4, -0.2) is 10.8 Å². The van der Waals surface area contributed by atoms with Crippen molar-refractivity contribution in [2.75, 3.05) is 0 Å². The van der Waals surface area contributed by atoms with Crippen molar-refractivity contribution >= 4 is 17.3 Å². The Hall–Kier alpha value is -2.69. The monoisotopic (exact) mass is 312 g/mol. The lowest BCUT2D eigenvalue weighted by Crippen LogP contribution is -2.00. The van der Waals surface area contributed by atoms with E-state index in [1.165, 1.54) is 12.5 Å². The van der Waals surface area contributed by atoms with Crippen LogP contribution in [-0.2, 0) is 11.2 Å². The number of rotatable bonds is 6. The van der Waals surface area contributed by atoms with E-state index in [0.717, 1.165) is 19.3 Å². The van der Waals surface area contributed by atoms with E-state index in [-0.39, 0.29) is 5.97 Å². The van der Waals surface area contributed by atoms with Crippen LogP contribution in [0.3, 0.4) is 0 Å². The number of azo groups is 1. The maximum absolute atomic E-state index is 12.1. The summed E-state index contributed by atoms with van der Waals surface area (Å²) in [5, 5.41) is 16.0. The second-order valence-corrected chi connectivity index (χ2v) is 5.23. The number of aryl methyl sites for hydroxylation is 1. The number of esters is 1. The van der Waals surface area contributed by atoms with E-state index in [1.807, 2.05) is 12.1 Å². The number of carbonyl (C=O) groups excluding carboxylic acids is 1. The zero-order chi connectivity index (χ0) is 16.7. The van der Waals surface area contributed by atoms with Crippen LogP contribution in [0.5, 0.6) is 5.75 Å². The average Bonchev–Trinajstić information content (AvgIpc) is 2.54. The van der Waals surface area contributed by atoms with Crippen molar-refractivity contribution in [1.29, 1.82) is 0 Å². The maximum Gasteiger partial charge on any atom is 0.308 e. The van der Waals surface area contributed by atoms with Crippen molar-refractivity contribution in [2.45, 2.75) is 33.1 Å². The number of unbranched alkanes of at least 4 members (excludes halogenated alkanes) is 1. The Balaban J connectivity index is 2.07. The van der Waals surface area contributed by atoms with Gasteiger partial charge in [-0.15, -0.1) is 0 Å². The summed E-state index contributed by atoms with van der Waals surface area (Å²) in [4.78, 5) is 11.4. The van der Waals surface area contributed by atoms with Crippen LogP contribution in [0.15, 0.2) is 53.6 Å². The number of nitrogens with zero attached hydrogens (tertiary/aromatic N) is 2. The van der Waals surface area contributed by atoms with Gasteiger partial charge in [0.1, 0.15) is 11.4 Å². The van der Waals surface area contributed by atoms with Crippen molar-refractivity contribution in [3.05, 3.63) is 59.3 Å². The van der Waals surface area contributed by atoms with E-state index < -0.39 is 0 Å². The van der Waals surface area contributed by atoms with Gasteiger partial charge in [0.05, 0.1) is 0 Å². The quantitative estimate of drug-likeness (QED) is 0.251. The Morgan fingerprint density at radius 2 is 1.78 bits per heavy atom. The number of carbonyl (C=O) groups is 1. The molecule has 23 heavy (non-hydrogen) atoms. The highest BCUT2D eigenvalue weighted by atomic mass is 16.5. The molecule has 0 aliphatic heterocycles. The molecule has 0 spiro atoms. The molecule has 0 aromatic heterocycles. The van der Waals surface area contributed by atoms with E-state index in [9.17, 15) is 10.0 Å². The average molecular weight is 312 g/mol. The van der Waals surface area contributed by atoms with Gasteiger partial charge in [-0.25, -0.2) is 0 Å². The Morgan fingerprint density at radius 3 is 2.35 bits per heavy atom. The molecule has 0 saturated carbocycles. The minimum Gasteiger partial charge on any atom is -0.594 e. The molecule has 120 valence electrons. The summed E-state index contributed by atoms with van der Waals surface area (Å²) in [5.74, 6) is 0.0393. The first-order valence-electron chi connectivity index (χ1n) is 7.65. The first-order valence-corrected chi connectivity index (χ1v) is 7.65. The Bertz CT molecular complexity index is 676. The number of benzene rings is 2. The van der Waals surface area contributed by atoms with Gasteiger partial charge in [-0.05, 0) is 42.7 Å². The smallest absolute Gasteiger partial charge is 0.308 e. The fourth-order valence-corrected chi connectivity index (χ4v) is 2.08. The summed E-state index contributed by atoms with van der Waals surface area (Å²) in [5.41, 5.74) is 2.19.